The van der Waals surface area contributed by atoms with E-state index in [1.54, 1.807) is 0 Å². The molecule has 0 spiro atoms. The lowest BCUT2D eigenvalue weighted by Gasteiger charge is -2.33. The molecule has 2 aromatic rings. The van der Waals surface area contributed by atoms with Crippen LogP contribution >= 0.6 is 15.9 Å². The molecule has 0 bridgehead atoms. The molecule has 0 N–H and O–H groups in total. The van der Waals surface area contributed by atoms with Crippen molar-refractivity contribution in [2.45, 2.75) is 45.1 Å². The molecule has 1 aromatic carbocycles. The minimum Gasteiger partial charge on any atom is -0.467 e. The van der Waals surface area contributed by atoms with Crippen LogP contribution in [0.25, 0.3) is 10.9 Å². The summed E-state index contributed by atoms with van der Waals surface area (Å²) in [5.74, 6) is 0.487. The molecular formula is C18H22BrN3O2. The Bertz CT molecular complexity index is 716. The standard InChI is InChI=1S/C18H22BrN3O2/c1-2-22(14-6-4-3-5-7-14)17(23)11-24-18-15-10-13(19)8-9-16(15)20-12-21-18/h8-10,12,14H,2-7,11H2,1H3. The van der Waals surface area contributed by atoms with Crippen LogP contribution in [0.15, 0.2) is 29.0 Å². The Morgan fingerprint density at radius 2 is 2.08 bits per heavy atom. The SMILES string of the molecule is CCN(C(=O)COc1ncnc2ccc(Br)cc12)C1CCCCC1. The van der Waals surface area contributed by atoms with Gasteiger partial charge < -0.3 is 9.64 Å². The van der Waals surface area contributed by atoms with Crippen molar-refractivity contribution in [3.63, 3.8) is 0 Å². The number of fused-ring (bicyclic) bond motifs is 1. The highest BCUT2D eigenvalue weighted by atomic mass is 79.9. The lowest BCUT2D eigenvalue weighted by molar-refractivity contribution is -0.136. The number of halogens is 1. The van der Waals surface area contributed by atoms with Gasteiger partial charge in [-0.3, -0.25) is 4.79 Å². The molecule has 1 aliphatic rings. The zero-order chi connectivity index (χ0) is 16.9. The largest absolute Gasteiger partial charge is 0.467 e. The predicted octanol–water partition coefficient (Wildman–Crippen LogP) is 3.95. The quantitative estimate of drug-likeness (QED) is 0.773. The van der Waals surface area contributed by atoms with E-state index >= 15 is 0 Å². The number of amides is 1. The van der Waals surface area contributed by atoms with E-state index in [2.05, 4.69) is 25.9 Å². The second-order valence-corrected chi connectivity index (χ2v) is 7.02. The fraction of sp³-hybridized carbons (Fsp3) is 0.500. The molecule has 3 rings (SSSR count). The Morgan fingerprint density at radius 1 is 1.29 bits per heavy atom. The van der Waals surface area contributed by atoms with Crippen molar-refractivity contribution in [3.05, 3.63) is 29.0 Å². The fourth-order valence-corrected chi connectivity index (χ4v) is 3.73. The van der Waals surface area contributed by atoms with Crippen molar-refractivity contribution in [2.24, 2.45) is 0 Å². The van der Waals surface area contributed by atoms with Crippen LogP contribution in [0.2, 0.25) is 0 Å². The second kappa shape index (κ2) is 7.92. The third-order valence-electron chi connectivity index (χ3n) is 4.57. The predicted molar refractivity (Wildman–Crippen MR) is 97.0 cm³/mol. The van der Waals surface area contributed by atoms with E-state index in [1.165, 1.54) is 25.6 Å². The molecule has 1 saturated carbocycles. The molecule has 6 heteroatoms. The number of likely N-dealkylation sites (N-methyl/N-ethyl adjacent to an activating group) is 1. The molecule has 1 fully saturated rings. The molecule has 0 radical (unpaired) electrons. The molecule has 1 aromatic heterocycles. The molecule has 1 amide bonds. The van der Waals surface area contributed by atoms with Crippen LogP contribution in [-0.2, 0) is 4.79 Å². The molecule has 24 heavy (non-hydrogen) atoms. The highest BCUT2D eigenvalue weighted by Crippen LogP contribution is 2.26. The number of ether oxygens (including phenoxy) is 1. The van der Waals surface area contributed by atoms with E-state index < -0.39 is 0 Å². The van der Waals surface area contributed by atoms with Gasteiger partial charge in [-0.1, -0.05) is 35.2 Å². The summed E-state index contributed by atoms with van der Waals surface area (Å²) >= 11 is 3.45. The lowest BCUT2D eigenvalue weighted by Crippen LogP contribution is -2.43. The first kappa shape index (κ1) is 17.1. The summed E-state index contributed by atoms with van der Waals surface area (Å²) in [4.78, 5) is 23.0. The number of rotatable bonds is 5. The van der Waals surface area contributed by atoms with E-state index in [0.717, 1.165) is 34.8 Å². The average Bonchev–Trinajstić information content (AvgIpc) is 2.61. The molecule has 1 heterocycles. The van der Waals surface area contributed by atoms with Crippen LogP contribution in [-0.4, -0.2) is 40.0 Å². The minimum atomic E-state index is 0.0168. The van der Waals surface area contributed by atoms with Gasteiger partial charge in [-0.25, -0.2) is 9.97 Å². The first-order valence-corrected chi connectivity index (χ1v) is 9.31. The highest BCUT2D eigenvalue weighted by Gasteiger charge is 2.24. The van der Waals surface area contributed by atoms with Crippen molar-refractivity contribution < 1.29 is 9.53 Å². The van der Waals surface area contributed by atoms with Gasteiger partial charge in [0.1, 0.15) is 6.33 Å². The van der Waals surface area contributed by atoms with E-state index in [1.807, 2.05) is 30.0 Å². The van der Waals surface area contributed by atoms with Gasteiger partial charge in [-0.15, -0.1) is 0 Å². The van der Waals surface area contributed by atoms with Gasteiger partial charge in [0.25, 0.3) is 5.91 Å². The Morgan fingerprint density at radius 3 is 2.83 bits per heavy atom. The molecule has 0 atom stereocenters. The molecule has 128 valence electrons. The van der Waals surface area contributed by atoms with Crippen molar-refractivity contribution >= 4 is 32.7 Å². The van der Waals surface area contributed by atoms with Crippen molar-refractivity contribution in [1.29, 1.82) is 0 Å². The van der Waals surface area contributed by atoms with Crippen LogP contribution in [0.5, 0.6) is 5.88 Å². The summed E-state index contributed by atoms with van der Waals surface area (Å²) in [6.45, 7) is 2.77. The topological polar surface area (TPSA) is 55.3 Å². The average molecular weight is 392 g/mol. The normalized spacial score (nSPS) is 15.4. The van der Waals surface area contributed by atoms with Gasteiger partial charge in [0.2, 0.25) is 5.88 Å². The summed E-state index contributed by atoms with van der Waals surface area (Å²) in [6, 6.07) is 6.09. The van der Waals surface area contributed by atoms with Crippen molar-refractivity contribution in [2.75, 3.05) is 13.2 Å². The van der Waals surface area contributed by atoms with E-state index in [9.17, 15) is 4.79 Å². The summed E-state index contributed by atoms with van der Waals surface area (Å²) in [5.41, 5.74) is 0.801. The van der Waals surface area contributed by atoms with Gasteiger partial charge in [0.05, 0.1) is 10.9 Å². The second-order valence-electron chi connectivity index (χ2n) is 6.10. The number of hydrogen-bond acceptors (Lipinski definition) is 4. The number of nitrogens with zero attached hydrogens (tertiary/aromatic N) is 3. The zero-order valence-corrected chi connectivity index (χ0v) is 15.5. The third-order valence-corrected chi connectivity index (χ3v) is 5.06. The maximum atomic E-state index is 12.6. The summed E-state index contributed by atoms with van der Waals surface area (Å²) < 4.78 is 6.68. The highest BCUT2D eigenvalue weighted by molar-refractivity contribution is 9.10. The molecule has 0 unspecified atom stereocenters. The zero-order valence-electron chi connectivity index (χ0n) is 13.9. The Hall–Kier alpha value is -1.69. The monoisotopic (exact) mass is 391 g/mol. The van der Waals surface area contributed by atoms with Crippen LogP contribution in [0, 0.1) is 0 Å². The Labute approximate surface area is 150 Å². The number of hydrogen-bond donors (Lipinski definition) is 0. The van der Waals surface area contributed by atoms with Crippen LogP contribution in [0.3, 0.4) is 0 Å². The summed E-state index contributed by atoms with van der Waals surface area (Å²) in [5, 5.41) is 0.806. The molecule has 5 nitrogen and oxygen atoms in total. The van der Waals surface area contributed by atoms with Gasteiger partial charge in [0, 0.05) is 17.1 Å². The fourth-order valence-electron chi connectivity index (χ4n) is 3.36. The molecular weight excluding hydrogens is 370 g/mol. The molecule has 0 aliphatic heterocycles. The minimum absolute atomic E-state index is 0.0168. The van der Waals surface area contributed by atoms with Crippen LogP contribution < -0.4 is 4.74 Å². The summed E-state index contributed by atoms with van der Waals surface area (Å²) in [6.07, 6.45) is 7.36. The van der Waals surface area contributed by atoms with Gasteiger partial charge >= 0.3 is 0 Å². The third kappa shape index (κ3) is 3.86. The molecule has 1 aliphatic carbocycles. The smallest absolute Gasteiger partial charge is 0.260 e. The van der Waals surface area contributed by atoms with Crippen molar-refractivity contribution in [1.82, 2.24) is 14.9 Å². The van der Waals surface area contributed by atoms with E-state index in [0.29, 0.717) is 11.9 Å². The van der Waals surface area contributed by atoms with Crippen LogP contribution in [0.1, 0.15) is 39.0 Å². The van der Waals surface area contributed by atoms with Gasteiger partial charge in [0.15, 0.2) is 6.61 Å². The number of carbonyl (C=O) groups excluding carboxylic acids is 1. The maximum Gasteiger partial charge on any atom is 0.260 e. The van der Waals surface area contributed by atoms with Gasteiger partial charge in [-0.05, 0) is 38.0 Å². The van der Waals surface area contributed by atoms with Gasteiger partial charge in [-0.2, -0.15) is 0 Å². The Balaban J connectivity index is 1.70. The number of benzene rings is 1. The maximum absolute atomic E-state index is 12.6. The Kier molecular flexibility index (Phi) is 5.66. The van der Waals surface area contributed by atoms with E-state index in [-0.39, 0.29) is 12.5 Å². The summed E-state index contributed by atoms with van der Waals surface area (Å²) in [7, 11) is 0. The number of aromatic nitrogens is 2. The molecule has 0 saturated heterocycles. The number of carbonyl (C=O) groups is 1. The first-order valence-electron chi connectivity index (χ1n) is 8.51. The van der Waals surface area contributed by atoms with Crippen LogP contribution in [0.4, 0.5) is 0 Å². The first-order chi connectivity index (χ1) is 11.7. The lowest BCUT2D eigenvalue weighted by atomic mass is 9.94. The van der Waals surface area contributed by atoms with Crippen molar-refractivity contribution in [3.8, 4) is 5.88 Å². The van der Waals surface area contributed by atoms with E-state index in [4.69, 9.17) is 4.74 Å².